The molecule has 1 aromatic heterocycles. The second-order valence-electron chi connectivity index (χ2n) is 5.60. The maximum Gasteiger partial charge on any atom is 0.266 e. The van der Waals surface area contributed by atoms with E-state index >= 15 is 0 Å². The average molecular weight is 405 g/mol. The summed E-state index contributed by atoms with van der Waals surface area (Å²) in [5.41, 5.74) is 2.00. The molecule has 0 unspecified atom stereocenters. The number of carbonyl (C=O) groups is 1. The third-order valence-electron chi connectivity index (χ3n) is 3.80. The number of hydrogen-bond donors (Lipinski definition) is 1. The van der Waals surface area contributed by atoms with Crippen molar-refractivity contribution in [3.63, 3.8) is 0 Å². The number of carbonyl (C=O) groups excluding carboxylic acids is 1. The fourth-order valence-corrected chi connectivity index (χ4v) is 2.90. The third-order valence-corrected chi connectivity index (χ3v) is 4.33. The van der Waals surface area contributed by atoms with Crippen LogP contribution in [0.1, 0.15) is 22.3 Å². The molecular weight excluding hydrogens is 390 g/mol. The van der Waals surface area contributed by atoms with Crippen molar-refractivity contribution in [1.29, 1.82) is 0 Å². The molecule has 1 heterocycles. The number of benzene rings is 2. The SMILES string of the molecule is Cn1cc(C(=O)Nc2ccccc2-c2ccc(Br)cc2)c(C(F)F)c1. The number of aromatic nitrogens is 1. The van der Waals surface area contributed by atoms with Crippen LogP contribution in [0, 0.1) is 0 Å². The highest BCUT2D eigenvalue weighted by molar-refractivity contribution is 9.10. The number of nitrogens with one attached hydrogen (secondary N) is 1. The zero-order chi connectivity index (χ0) is 18.0. The molecule has 128 valence electrons. The van der Waals surface area contributed by atoms with Gasteiger partial charge in [0.2, 0.25) is 0 Å². The van der Waals surface area contributed by atoms with Crippen molar-refractivity contribution < 1.29 is 13.6 Å². The molecular formula is C19H15BrF2N2O. The molecule has 2 aromatic carbocycles. The van der Waals surface area contributed by atoms with Crippen LogP contribution in [0.4, 0.5) is 14.5 Å². The van der Waals surface area contributed by atoms with Gasteiger partial charge in [0.25, 0.3) is 12.3 Å². The fraction of sp³-hybridized carbons (Fsp3) is 0.105. The van der Waals surface area contributed by atoms with Crippen molar-refractivity contribution >= 4 is 27.5 Å². The van der Waals surface area contributed by atoms with Gasteiger partial charge in [-0.3, -0.25) is 4.79 Å². The number of aryl methyl sites for hydroxylation is 1. The van der Waals surface area contributed by atoms with Crippen LogP contribution in [0.5, 0.6) is 0 Å². The maximum atomic E-state index is 13.1. The lowest BCUT2D eigenvalue weighted by atomic mass is 10.0. The van der Waals surface area contributed by atoms with E-state index in [4.69, 9.17) is 0 Å². The first-order chi connectivity index (χ1) is 12.0. The number of halogens is 3. The maximum absolute atomic E-state index is 13.1. The van der Waals surface area contributed by atoms with E-state index in [1.165, 1.54) is 17.0 Å². The van der Waals surface area contributed by atoms with E-state index in [9.17, 15) is 13.6 Å². The second-order valence-corrected chi connectivity index (χ2v) is 6.52. The lowest BCUT2D eigenvalue weighted by molar-refractivity contribution is 0.101. The van der Waals surface area contributed by atoms with Gasteiger partial charge in [0.05, 0.1) is 5.56 Å². The van der Waals surface area contributed by atoms with Gasteiger partial charge in [0.15, 0.2) is 0 Å². The Balaban J connectivity index is 1.94. The Kier molecular flexibility index (Phi) is 4.99. The van der Waals surface area contributed by atoms with Gasteiger partial charge in [0.1, 0.15) is 0 Å². The molecule has 0 atom stereocenters. The zero-order valence-corrected chi connectivity index (χ0v) is 14.9. The van der Waals surface area contributed by atoms with E-state index in [1.54, 1.807) is 19.2 Å². The van der Waals surface area contributed by atoms with Gasteiger partial charge in [-0.15, -0.1) is 0 Å². The summed E-state index contributed by atoms with van der Waals surface area (Å²) in [6.45, 7) is 0. The molecule has 25 heavy (non-hydrogen) atoms. The summed E-state index contributed by atoms with van der Waals surface area (Å²) in [4.78, 5) is 12.5. The smallest absolute Gasteiger partial charge is 0.266 e. The minimum absolute atomic E-state index is 0.0249. The average Bonchev–Trinajstić information content (AvgIpc) is 2.99. The molecule has 1 amide bonds. The molecule has 0 aliphatic carbocycles. The Morgan fingerprint density at radius 2 is 1.76 bits per heavy atom. The summed E-state index contributed by atoms with van der Waals surface area (Å²) < 4.78 is 28.7. The Labute approximate surface area is 152 Å². The van der Waals surface area contributed by atoms with Crippen molar-refractivity contribution in [2.45, 2.75) is 6.43 Å². The van der Waals surface area contributed by atoms with E-state index in [1.807, 2.05) is 36.4 Å². The van der Waals surface area contributed by atoms with Gasteiger partial charge in [-0.1, -0.05) is 46.3 Å². The molecule has 3 aromatic rings. The highest BCUT2D eigenvalue weighted by Gasteiger charge is 2.21. The van der Waals surface area contributed by atoms with E-state index in [0.717, 1.165) is 15.6 Å². The molecule has 0 aliphatic rings. The van der Waals surface area contributed by atoms with E-state index in [0.29, 0.717) is 5.69 Å². The van der Waals surface area contributed by atoms with Crippen molar-refractivity contribution in [1.82, 2.24) is 4.57 Å². The zero-order valence-electron chi connectivity index (χ0n) is 13.3. The van der Waals surface area contributed by atoms with Gasteiger partial charge < -0.3 is 9.88 Å². The topological polar surface area (TPSA) is 34.0 Å². The van der Waals surface area contributed by atoms with E-state index in [-0.39, 0.29) is 11.1 Å². The number of anilines is 1. The van der Waals surface area contributed by atoms with Gasteiger partial charge in [-0.05, 0) is 23.8 Å². The van der Waals surface area contributed by atoms with Crippen molar-refractivity contribution in [3.05, 3.63) is 76.5 Å². The van der Waals surface area contributed by atoms with E-state index in [2.05, 4.69) is 21.2 Å². The predicted molar refractivity (Wildman–Crippen MR) is 97.9 cm³/mol. The normalized spacial score (nSPS) is 10.9. The van der Waals surface area contributed by atoms with Crippen LogP contribution in [-0.2, 0) is 7.05 Å². The molecule has 3 nitrogen and oxygen atoms in total. The summed E-state index contributed by atoms with van der Waals surface area (Å²) >= 11 is 3.39. The molecule has 0 bridgehead atoms. The fourth-order valence-electron chi connectivity index (χ4n) is 2.63. The minimum atomic E-state index is -2.70. The second kappa shape index (κ2) is 7.19. The van der Waals surface area contributed by atoms with Crippen LogP contribution in [0.2, 0.25) is 0 Å². The number of nitrogens with zero attached hydrogens (tertiary/aromatic N) is 1. The van der Waals surface area contributed by atoms with Crippen molar-refractivity contribution in [2.24, 2.45) is 7.05 Å². The lowest BCUT2D eigenvalue weighted by Crippen LogP contribution is -2.13. The Bertz CT molecular complexity index is 904. The molecule has 0 fully saturated rings. The molecule has 0 saturated heterocycles. The van der Waals surface area contributed by atoms with Crippen LogP contribution in [0.3, 0.4) is 0 Å². The van der Waals surface area contributed by atoms with Crippen LogP contribution in [-0.4, -0.2) is 10.5 Å². The number of rotatable bonds is 4. The van der Waals surface area contributed by atoms with Crippen molar-refractivity contribution in [3.8, 4) is 11.1 Å². The Morgan fingerprint density at radius 3 is 2.44 bits per heavy atom. The summed E-state index contributed by atoms with van der Waals surface area (Å²) in [7, 11) is 1.61. The molecule has 1 N–H and O–H groups in total. The molecule has 3 rings (SSSR count). The first-order valence-electron chi connectivity index (χ1n) is 7.56. The highest BCUT2D eigenvalue weighted by atomic mass is 79.9. The molecule has 0 radical (unpaired) electrons. The van der Waals surface area contributed by atoms with Gasteiger partial charge in [-0.2, -0.15) is 0 Å². The van der Waals surface area contributed by atoms with Crippen LogP contribution in [0.25, 0.3) is 11.1 Å². The first-order valence-corrected chi connectivity index (χ1v) is 8.35. The number of alkyl halides is 2. The number of hydrogen-bond acceptors (Lipinski definition) is 1. The summed E-state index contributed by atoms with van der Waals surface area (Å²) in [5, 5.41) is 2.75. The van der Waals surface area contributed by atoms with Crippen LogP contribution in [0.15, 0.2) is 65.4 Å². The van der Waals surface area contributed by atoms with Gasteiger partial charge in [0, 0.05) is 40.7 Å². The van der Waals surface area contributed by atoms with Crippen molar-refractivity contribution in [2.75, 3.05) is 5.32 Å². The predicted octanol–water partition coefficient (Wildman–Crippen LogP) is 5.64. The summed E-state index contributed by atoms with van der Waals surface area (Å²) in [6.07, 6.45) is -0.0390. The van der Waals surface area contributed by atoms with Crippen LogP contribution >= 0.6 is 15.9 Å². The Morgan fingerprint density at radius 1 is 1.08 bits per heavy atom. The first kappa shape index (κ1) is 17.4. The number of amides is 1. The molecule has 0 spiro atoms. The molecule has 0 saturated carbocycles. The third kappa shape index (κ3) is 3.79. The standard InChI is InChI=1S/C19H15BrF2N2O/c1-24-10-15(18(21)22)16(11-24)19(25)23-17-5-3-2-4-14(17)12-6-8-13(20)9-7-12/h2-11,18H,1H3,(H,23,25). The molecule has 0 aliphatic heterocycles. The van der Waals surface area contributed by atoms with E-state index < -0.39 is 12.3 Å². The number of para-hydroxylation sites is 1. The lowest BCUT2D eigenvalue weighted by Gasteiger charge is -2.12. The minimum Gasteiger partial charge on any atom is -0.356 e. The summed E-state index contributed by atoms with van der Waals surface area (Å²) in [5.74, 6) is -0.555. The molecule has 6 heteroatoms. The van der Waals surface area contributed by atoms with Crippen LogP contribution < -0.4 is 5.32 Å². The van der Waals surface area contributed by atoms with Gasteiger partial charge >= 0.3 is 0 Å². The largest absolute Gasteiger partial charge is 0.356 e. The Hall–Kier alpha value is -2.47. The van der Waals surface area contributed by atoms with Gasteiger partial charge in [-0.25, -0.2) is 8.78 Å². The monoisotopic (exact) mass is 404 g/mol. The highest BCUT2D eigenvalue weighted by Crippen LogP contribution is 2.30. The summed E-state index contributed by atoms with van der Waals surface area (Å²) in [6, 6.07) is 14.9. The quantitative estimate of drug-likeness (QED) is 0.599.